The fraction of sp³-hybridized carbons (Fsp3) is 0.208. The molecule has 0 saturated carbocycles. The Kier molecular flexibility index (Phi) is 6.13. The van der Waals surface area contributed by atoms with Crippen LogP contribution in [0.3, 0.4) is 0 Å². The molecule has 0 unspecified atom stereocenters. The van der Waals surface area contributed by atoms with E-state index in [1.165, 1.54) is 11.1 Å². The summed E-state index contributed by atoms with van der Waals surface area (Å²) < 4.78 is 5.49. The quantitative estimate of drug-likeness (QED) is 0.593. The third-order valence-electron chi connectivity index (χ3n) is 5.19. The van der Waals surface area contributed by atoms with Crippen molar-refractivity contribution in [2.24, 2.45) is 0 Å². The van der Waals surface area contributed by atoms with E-state index in [0.29, 0.717) is 18.8 Å². The van der Waals surface area contributed by atoms with Gasteiger partial charge in [-0.3, -0.25) is 4.90 Å². The number of ether oxygens (including phenoxy) is 1. The fourth-order valence-corrected chi connectivity index (χ4v) is 3.84. The Morgan fingerprint density at radius 3 is 1.93 bits per heavy atom. The first kappa shape index (κ1) is 19.5. The van der Waals surface area contributed by atoms with Crippen molar-refractivity contribution >= 4 is 17.7 Å². The summed E-state index contributed by atoms with van der Waals surface area (Å²) in [5.74, 6) is 0.572. The van der Waals surface area contributed by atoms with Crippen LogP contribution < -0.4 is 4.74 Å². The van der Waals surface area contributed by atoms with Crippen LogP contribution in [0.15, 0.2) is 84.9 Å². The Morgan fingerprint density at radius 2 is 1.31 bits per heavy atom. The first-order valence-corrected chi connectivity index (χ1v) is 10.1. The van der Waals surface area contributed by atoms with Crippen LogP contribution >= 0.6 is 11.6 Å². The third kappa shape index (κ3) is 4.78. The molecule has 5 heteroatoms. The van der Waals surface area contributed by atoms with Crippen LogP contribution in [0.25, 0.3) is 0 Å². The van der Waals surface area contributed by atoms with Crippen molar-refractivity contribution in [3.05, 3.63) is 101 Å². The van der Waals surface area contributed by atoms with E-state index in [0.717, 1.165) is 18.1 Å². The summed E-state index contributed by atoms with van der Waals surface area (Å²) in [5, 5.41) is 0.731. The lowest BCUT2D eigenvalue weighted by Gasteiger charge is -2.39. The molecule has 0 aromatic heterocycles. The molecule has 0 radical (unpaired) electrons. The lowest BCUT2D eigenvalue weighted by molar-refractivity contribution is 0.0975. The molecular weight excluding hydrogens is 384 g/mol. The van der Waals surface area contributed by atoms with E-state index in [9.17, 15) is 4.79 Å². The number of hydrogen-bond acceptors (Lipinski definition) is 3. The maximum Gasteiger partial charge on any atom is 0.415 e. The van der Waals surface area contributed by atoms with Crippen molar-refractivity contribution in [1.29, 1.82) is 0 Å². The average Bonchev–Trinajstić information content (AvgIpc) is 2.77. The number of nitrogens with zero attached hydrogens (tertiary/aromatic N) is 2. The minimum absolute atomic E-state index is 0.126. The molecule has 3 aromatic carbocycles. The Labute approximate surface area is 176 Å². The van der Waals surface area contributed by atoms with Crippen molar-refractivity contribution in [3.63, 3.8) is 0 Å². The van der Waals surface area contributed by atoms with Crippen LogP contribution in [0.1, 0.15) is 17.2 Å². The van der Waals surface area contributed by atoms with Gasteiger partial charge in [0.25, 0.3) is 0 Å². The molecule has 1 amide bonds. The summed E-state index contributed by atoms with van der Waals surface area (Å²) >= 11 is 6.10. The van der Waals surface area contributed by atoms with Crippen LogP contribution in [0, 0.1) is 0 Å². The fourth-order valence-electron chi connectivity index (χ4n) is 3.71. The highest BCUT2D eigenvalue weighted by atomic mass is 35.5. The predicted molar refractivity (Wildman–Crippen MR) is 115 cm³/mol. The second-order valence-corrected chi connectivity index (χ2v) is 7.51. The van der Waals surface area contributed by atoms with Gasteiger partial charge < -0.3 is 9.64 Å². The molecule has 0 aliphatic carbocycles. The largest absolute Gasteiger partial charge is 0.415 e. The number of carbonyl (C=O) groups excluding carboxylic acids is 1. The first-order chi connectivity index (χ1) is 14.2. The molecule has 1 atom stereocenters. The van der Waals surface area contributed by atoms with E-state index in [4.69, 9.17) is 16.3 Å². The van der Waals surface area contributed by atoms with Gasteiger partial charge in [-0.05, 0) is 35.4 Å². The second-order valence-electron chi connectivity index (χ2n) is 7.07. The van der Waals surface area contributed by atoms with Crippen molar-refractivity contribution in [2.75, 3.05) is 26.2 Å². The van der Waals surface area contributed by atoms with Crippen LogP contribution in [0.5, 0.6) is 5.75 Å². The molecule has 148 valence electrons. The zero-order valence-corrected chi connectivity index (χ0v) is 16.8. The van der Waals surface area contributed by atoms with Crippen LogP contribution in [0.4, 0.5) is 4.79 Å². The van der Waals surface area contributed by atoms with Gasteiger partial charge in [0.15, 0.2) is 0 Å². The Morgan fingerprint density at radius 1 is 0.759 bits per heavy atom. The van der Waals surface area contributed by atoms with Gasteiger partial charge in [0, 0.05) is 31.2 Å². The number of para-hydroxylation sites is 1. The zero-order valence-electron chi connectivity index (χ0n) is 16.1. The van der Waals surface area contributed by atoms with Crippen LogP contribution in [0.2, 0.25) is 5.02 Å². The highest BCUT2D eigenvalue weighted by molar-refractivity contribution is 6.30. The summed E-state index contributed by atoms with van der Waals surface area (Å²) in [6.07, 6.45) is -0.293. The van der Waals surface area contributed by atoms with Crippen molar-refractivity contribution in [2.45, 2.75) is 6.04 Å². The molecule has 0 N–H and O–H groups in total. The van der Waals surface area contributed by atoms with Gasteiger partial charge in [0.05, 0.1) is 6.04 Å². The second kappa shape index (κ2) is 9.12. The van der Waals surface area contributed by atoms with Crippen LogP contribution in [-0.2, 0) is 0 Å². The number of benzene rings is 3. The average molecular weight is 407 g/mol. The van der Waals surface area contributed by atoms with Crippen molar-refractivity contribution < 1.29 is 9.53 Å². The number of hydrogen-bond donors (Lipinski definition) is 0. The van der Waals surface area contributed by atoms with Gasteiger partial charge >= 0.3 is 6.09 Å². The SMILES string of the molecule is O=C(Oc1ccccc1)N1CCN([C@H](c2ccccc2)c2ccc(Cl)cc2)CC1. The van der Waals surface area contributed by atoms with Gasteiger partial charge in [-0.15, -0.1) is 0 Å². The van der Waals surface area contributed by atoms with E-state index in [2.05, 4.69) is 41.3 Å². The number of carbonyl (C=O) groups is 1. The molecule has 3 aromatic rings. The molecule has 1 saturated heterocycles. The molecule has 1 aliphatic heterocycles. The maximum absolute atomic E-state index is 12.5. The normalized spacial score (nSPS) is 15.7. The number of amides is 1. The zero-order chi connectivity index (χ0) is 20.1. The van der Waals surface area contributed by atoms with E-state index < -0.39 is 0 Å². The molecule has 0 spiro atoms. The van der Waals surface area contributed by atoms with E-state index in [1.54, 1.807) is 17.0 Å². The summed E-state index contributed by atoms with van der Waals surface area (Å²) in [6.45, 7) is 2.79. The molecule has 1 fully saturated rings. The Hall–Kier alpha value is -2.82. The smallest absolute Gasteiger partial charge is 0.410 e. The summed E-state index contributed by atoms with van der Waals surface area (Å²) in [7, 11) is 0. The lowest BCUT2D eigenvalue weighted by Crippen LogP contribution is -2.50. The van der Waals surface area contributed by atoms with Gasteiger partial charge in [0.2, 0.25) is 0 Å². The van der Waals surface area contributed by atoms with Gasteiger partial charge in [-0.1, -0.05) is 72.3 Å². The van der Waals surface area contributed by atoms with Crippen LogP contribution in [-0.4, -0.2) is 42.1 Å². The van der Waals surface area contributed by atoms with Gasteiger partial charge in [0.1, 0.15) is 5.75 Å². The number of rotatable bonds is 4. The molecule has 1 aliphatic rings. The van der Waals surface area contributed by atoms with E-state index >= 15 is 0 Å². The van der Waals surface area contributed by atoms with Gasteiger partial charge in [-0.2, -0.15) is 0 Å². The summed E-state index contributed by atoms with van der Waals surface area (Å²) in [5.41, 5.74) is 2.43. The minimum atomic E-state index is -0.293. The molecule has 1 heterocycles. The first-order valence-electron chi connectivity index (χ1n) is 9.77. The maximum atomic E-state index is 12.5. The van der Waals surface area contributed by atoms with E-state index in [1.807, 2.05) is 36.4 Å². The molecule has 4 nitrogen and oxygen atoms in total. The van der Waals surface area contributed by atoms with Crippen molar-refractivity contribution in [3.8, 4) is 5.75 Å². The predicted octanol–water partition coefficient (Wildman–Crippen LogP) is 5.25. The standard InChI is InChI=1S/C24H23ClN2O2/c25-21-13-11-20(12-14-21)23(19-7-3-1-4-8-19)26-15-17-27(18-16-26)24(28)29-22-9-5-2-6-10-22/h1-14,23H,15-18H2/t23-/m1/s1. The van der Waals surface area contributed by atoms with Crippen molar-refractivity contribution in [1.82, 2.24) is 9.80 Å². The lowest BCUT2D eigenvalue weighted by atomic mass is 9.96. The Balaban J connectivity index is 1.47. The van der Waals surface area contributed by atoms with Gasteiger partial charge in [-0.25, -0.2) is 4.79 Å². The number of piperazine rings is 1. The highest BCUT2D eigenvalue weighted by Gasteiger charge is 2.28. The molecule has 4 rings (SSSR count). The summed E-state index contributed by atoms with van der Waals surface area (Å²) in [6, 6.07) is 27.8. The number of halogens is 1. The minimum Gasteiger partial charge on any atom is -0.410 e. The molecular formula is C24H23ClN2O2. The molecule has 29 heavy (non-hydrogen) atoms. The third-order valence-corrected chi connectivity index (χ3v) is 5.44. The highest BCUT2D eigenvalue weighted by Crippen LogP contribution is 2.30. The summed E-state index contributed by atoms with van der Waals surface area (Å²) in [4.78, 5) is 16.7. The topological polar surface area (TPSA) is 32.8 Å². The molecule has 0 bridgehead atoms. The Bertz CT molecular complexity index is 924. The van der Waals surface area contributed by atoms with E-state index in [-0.39, 0.29) is 12.1 Å². The monoisotopic (exact) mass is 406 g/mol.